The summed E-state index contributed by atoms with van der Waals surface area (Å²) >= 11 is 7.28. The van der Waals surface area contributed by atoms with Crippen LogP contribution in [0.1, 0.15) is 6.92 Å². The van der Waals surface area contributed by atoms with E-state index in [0.717, 1.165) is 5.69 Å². The van der Waals surface area contributed by atoms with Gasteiger partial charge in [-0.05, 0) is 37.4 Å². The number of anilines is 1. The number of nitrogens with one attached hydrogen (secondary N) is 1. The molecular weight excluding hydrogens is 218 g/mol. The van der Waals surface area contributed by atoms with Crippen molar-refractivity contribution in [1.82, 2.24) is 0 Å². The van der Waals surface area contributed by atoms with Crippen molar-refractivity contribution in [2.75, 3.05) is 11.6 Å². The molecule has 14 heavy (non-hydrogen) atoms. The van der Waals surface area contributed by atoms with Crippen molar-refractivity contribution in [2.24, 2.45) is 0 Å². The average molecular weight is 230 g/mol. The van der Waals surface area contributed by atoms with Crippen LogP contribution in [0.2, 0.25) is 0 Å². The summed E-state index contributed by atoms with van der Waals surface area (Å²) in [5, 5.41) is 2.21. The quantitative estimate of drug-likeness (QED) is 0.638. The van der Waals surface area contributed by atoms with Crippen LogP contribution in [0.15, 0.2) is 29.2 Å². The minimum atomic E-state index is -0.504. The second kappa shape index (κ2) is 5.27. The van der Waals surface area contributed by atoms with Crippen molar-refractivity contribution in [3.63, 3.8) is 0 Å². The zero-order valence-electron chi connectivity index (χ0n) is 8.08. The molecule has 1 N–H and O–H groups in total. The first-order valence-electron chi connectivity index (χ1n) is 4.22. The fraction of sp³-hybridized carbons (Fsp3) is 0.300. The highest BCUT2D eigenvalue weighted by Gasteiger charge is 2.08. The Labute approximate surface area is 93.0 Å². The van der Waals surface area contributed by atoms with Crippen LogP contribution in [0.5, 0.6) is 0 Å². The van der Waals surface area contributed by atoms with Crippen LogP contribution in [-0.4, -0.2) is 17.5 Å². The largest absolute Gasteiger partial charge is 0.325 e. The van der Waals surface area contributed by atoms with E-state index in [0.29, 0.717) is 0 Å². The summed E-state index contributed by atoms with van der Waals surface area (Å²) in [5.41, 5.74) is 0.778. The van der Waals surface area contributed by atoms with Gasteiger partial charge in [-0.25, -0.2) is 0 Å². The zero-order valence-corrected chi connectivity index (χ0v) is 9.65. The fourth-order valence-corrected chi connectivity index (χ4v) is 1.38. The highest BCUT2D eigenvalue weighted by Crippen LogP contribution is 2.17. The Morgan fingerprint density at radius 1 is 1.43 bits per heavy atom. The molecule has 1 aromatic rings. The molecule has 4 heteroatoms. The third kappa shape index (κ3) is 3.24. The van der Waals surface area contributed by atoms with Gasteiger partial charge in [0.15, 0.2) is 0 Å². The molecule has 0 aliphatic rings. The lowest BCUT2D eigenvalue weighted by Crippen LogP contribution is -2.20. The highest BCUT2D eigenvalue weighted by atomic mass is 35.5. The Bertz CT molecular complexity index is 310. The van der Waals surface area contributed by atoms with Crippen LogP contribution in [-0.2, 0) is 4.79 Å². The molecule has 1 amide bonds. The smallest absolute Gasteiger partial charge is 0.242 e. The summed E-state index contributed by atoms with van der Waals surface area (Å²) in [6.07, 6.45) is 2.01. The van der Waals surface area contributed by atoms with Crippen molar-refractivity contribution < 1.29 is 4.79 Å². The molecule has 0 aromatic heterocycles. The highest BCUT2D eigenvalue weighted by molar-refractivity contribution is 7.98. The first kappa shape index (κ1) is 11.4. The number of hydrogen-bond donors (Lipinski definition) is 1. The molecule has 0 saturated heterocycles. The molecule has 0 aliphatic heterocycles. The SMILES string of the molecule is CSc1ccc(NC(=O)[C@H](C)Cl)cc1. The lowest BCUT2D eigenvalue weighted by Gasteiger charge is -2.06. The molecule has 0 spiro atoms. The Morgan fingerprint density at radius 2 is 2.00 bits per heavy atom. The molecular formula is C10H12ClNOS. The second-order valence-corrected chi connectivity index (χ2v) is 4.37. The molecule has 1 atom stereocenters. The standard InChI is InChI=1S/C10H12ClNOS/c1-7(11)10(13)12-8-3-5-9(14-2)6-4-8/h3-7H,1-2H3,(H,12,13)/t7-/m0/s1. The topological polar surface area (TPSA) is 29.1 Å². The van der Waals surface area contributed by atoms with Gasteiger partial charge in [-0.3, -0.25) is 4.79 Å². The van der Waals surface area contributed by atoms with E-state index >= 15 is 0 Å². The van der Waals surface area contributed by atoms with Crippen molar-refractivity contribution in [1.29, 1.82) is 0 Å². The summed E-state index contributed by atoms with van der Waals surface area (Å²) in [4.78, 5) is 12.4. The fourth-order valence-electron chi connectivity index (χ4n) is 0.916. The maximum Gasteiger partial charge on any atom is 0.242 e. The zero-order chi connectivity index (χ0) is 10.6. The monoisotopic (exact) mass is 229 g/mol. The number of benzene rings is 1. The van der Waals surface area contributed by atoms with Gasteiger partial charge < -0.3 is 5.32 Å². The van der Waals surface area contributed by atoms with Crippen LogP contribution < -0.4 is 5.32 Å². The van der Waals surface area contributed by atoms with Gasteiger partial charge in [-0.15, -0.1) is 23.4 Å². The van der Waals surface area contributed by atoms with Gasteiger partial charge in [0.25, 0.3) is 0 Å². The normalized spacial score (nSPS) is 12.2. The Balaban J connectivity index is 2.64. The van der Waals surface area contributed by atoms with Gasteiger partial charge in [0.05, 0.1) is 0 Å². The maximum atomic E-state index is 11.2. The third-order valence-electron chi connectivity index (χ3n) is 1.72. The van der Waals surface area contributed by atoms with Crippen molar-refractivity contribution >= 4 is 35.0 Å². The molecule has 76 valence electrons. The van der Waals surface area contributed by atoms with Gasteiger partial charge in [-0.1, -0.05) is 0 Å². The van der Waals surface area contributed by atoms with E-state index in [4.69, 9.17) is 11.6 Å². The van der Waals surface area contributed by atoms with Gasteiger partial charge in [0.1, 0.15) is 5.38 Å². The van der Waals surface area contributed by atoms with E-state index in [1.165, 1.54) is 4.90 Å². The minimum absolute atomic E-state index is 0.177. The number of alkyl halides is 1. The van der Waals surface area contributed by atoms with Gasteiger partial charge in [0, 0.05) is 10.6 Å². The first-order valence-corrected chi connectivity index (χ1v) is 5.88. The van der Waals surface area contributed by atoms with E-state index in [1.807, 2.05) is 30.5 Å². The number of carbonyl (C=O) groups is 1. The molecule has 0 aliphatic carbocycles. The number of halogens is 1. The van der Waals surface area contributed by atoms with Crippen molar-refractivity contribution in [3.8, 4) is 0 Å². The molecule has 2 nitrogen and oxygen atoms in total. The van der Waals surface area contributed by atoms with Crippen molar-refractivity contribution in [3.05, 3.63) is 24.3 Å². The predicted octanol–water partition coefficient (Wildman–Crippen LogP) is 2.97. The number of carbonyl (C=O) groups excluding carboxylic acids is 1. The lowest BCUT2D eigenvalue weighted by atomic mass is 10.3. The number of rotatable bonds is 3. The summed E-state index contributed by atoms with van der Waals surface area (Å²) in [7, 11) is 0. The van der Waals surface area contributed by atoms with E-state index in [9.17, 15) is 4.79 Å². The predicted molar refractivity (Wildman–Crippen MR) is 62.2 cm³/mol. The summed E-state index contributed by atoms with van der Waals surface area (Å²) in [6, 6.07) is 7.64. The maximum absolute atomic E-state index is 11.2. The number of amides is 1. The van der Waals surface area contributed by atoms with E-state index in [-0.39, 0.29) is 5.91 Å². The molecule has 0 heterocycles. The minimum Gasteiger partial charge on any atom is -0.325 e. The van der Waals surface area contributed by atoms with E-state index in [1.54, 1.807) is 18.7 Å². The van der Waals surface area contributed by atoms with Crippen molar-refractivity contribution in [2.45, 2.75) is 17.2 Å². The van der Waals surface area contributed by atoms with Crippen LogP contribution in [0.4, 0.5) is 5.69 Å². The molecule has 0 unspecified atom stereocenters. The van der Waals surface area contributed by atoms with Gasteiger partial charge in [-0.2, -0.15) is 0 Å². The molecule has 1 rings (SSSR count). The molecule has 0 bridgehead atoms. The second-order valence-electron chi connectivity index (χ2n) is 2.83. The molecule has 1 aromatic carbocycles. The number of hydrogen-bond acceptors (Lipinski definition) is 2. The molecule has 0 saturated carbocycles. The van der Waals surface area contributed by atoms with Crippen LogP contribution in [0, 0.1) is 0 Å². The van der Waals surface area contributed by atoms with Gasteiger partial charge in [0.2, 0.25) is 5.91 Å². The third-order valence-corrected chi connectivity index (χ3v) is 2.66. The Kier molecular flexibility index (Phi) is 4.29. The Morgan fingerprint density at radius 3 is 2.43 bits per heavy atom. The lowest BCUT2D eigenvalue weighted by molar-refractivity contribution is -0.115. The Hall–Kier alpha value is -0.670. The number of thioether (sulfide) groups is 1. The summed E-state index contributed by atoms with van der Waals surface area (Å²) < 4.78 is 0. The van der Waals surface area contributed by atoms with Crippen LogP contribution in [0.25, 0.3) is 0 Å². The van der Waals surface area contributed by atoms with Crippen LogP contribution in [0.3, 0.4) is 0 Å². The van der Waals surface area contributed by atoms with E-state index < -0.39 is 5.38 Å². The molecule has 0 radical (unpaired) electrons. The van der Waals surface area contributed by atoms with E-state index in [2.05, 4.69) is 5.32 Å². The molecule has 0 fully saturated rings. The first-order chi connectivity index (χ1) is 6.63. The summed E-state index contributed by atoms with van der Waals surface area (Å²) in [6.45, 7) is 1.65. The average Bonchev–Trinajstić information content (AvgIpc) is 2.19. The summed E-state index contributed by atoms with van der Waals surface area (Å²) in [5.74, 6) is -0.177. The van der Waals surface area contributed by atoms with Crippen LogP contribution >= 0.6 is 23.4 Å². The van der Waals surface area contributed by atoms with Gasteiger partial charge >= 0.3 is 0 Å².